The molecule has 1 fully saturated rings. The summed E-state index contributed by atoms with van der Waals surface area (Å²) >= 11 is 12.0. The Balaban J connectivity index is 1.43. The normalized spacial score (nSPS) is 14.4. The van der Waals surface area contributed by atoms with Gasteiger partial charge in [0.05, 0.1) is 23.8 Å². The Bertz CT molecular complexity index is 1280. The maximum Gasteiger partial charge on any atom is 0.264 e. The largest absolute Gasteiger partial charge is 0.379 e. The number of halogens is 2. The van der Waals surface area contributed by atoms with E-state index in [2.05, 4.69) is 10.2 Å². The van der Waals surface area contributed by atoms with Gasteiger partial charge in [-0.15, -0.1) is 0 Å². The smallest absolute Gasteiger partial charge is 0.264 e. The number of nitrogens with one attached hydrogen (secondary N) is 1. The fourth-order valence-electron chi connectivity index (χ4n) is 3.85. The van der Waals surface area contributed by atoms with Crippen molar-refractivity contribution in [3.63, 3.8) is 0 Å². The SMILES string of the molecule is O=C(CN(c1cccc(Cl)c1)S(=O)(=O)c1ccc(Cl)cc1)NCc1ccc(CN2CCOCC2)cc1. The van der Waals surface area contributed by atoms with E-state index in [0.29, 0.717) is 15.7 Å². The van der Waals surface area contributed by atoms with Gasteiger partial charge in [0.25, 0.3) is 10.0 Å². The van der Waals surface area contributed by atoms with Gasteiger partial charge < -0.3 is 10.1 Å². The molecule has 3 aromatic rings. The van der Waals surface area contributed by atoms with E-state index < -0.39 is 22.5 Å². The Morgan fingerprint density at radius 1 is 0.917 bits per heavy atom. The van der Waals surface area contributed by atoms with Gasteiger partial charge in [0.15, 0.2) is 0 Å². The molecule has 1 saturated heterocycles. The molecule has 1 amide bonds. The van der Waals surface area contributed by atoms with Crippen LogP contribution in [0.15, 0.2) is 77.7 Å². The zero-order valence-electron chi connectivity index (χ0n) is 19.6. The minimum Gasteiger partial charge on any atom is -0.379 e. The van der Waals surface area contributed by atoms with Gasteiger partial charge in [-0.3, -0.25) is 14.0 Å². The molecule has 0 saturated carbocycles. The summed E-state index contributed by atoms with van der Waals surface area (Å²) in [6, 6.07) is 20.2. The van der Waals surface area contributed by atoms with E-state index in [4.69, 9.17) is 27.9 Å². The lowest BCUT2D eigenvalue weighted by molar-refractivity contribution is -0.119. The number of amides is 1. The number of rotatable bonds is 9. The lowest BCUT2D eigenvalue weighted by Crippen LogP contribution is -2.40. The van der Waals surface area contributed by atoms with Crippen molar-refractivity contribution in [1.82, 2.24) is 10.2 Å². The molecule has 190 valence electrons. The maximum atomic E-state index is 13.4. The van der Waals surface area contributed by atoms with Crippen molar-refractivity contribution in [2.75, 3.05) is 37.2 Å². The van der Waals surface area contributed by atoms with Crippen molar-refractivity contribution < 1.29 is 17.9 Å². The van der Waals surface area contributed by atoms with Gasteiger partial charge in [0.2, 0.25) is 5.91 Å². The predicted octanol–water partition coefficient (Wildman–Crippen LogP) is 4.34. The number of ether oxygens (including phenoxy) is 1. The molecule has 1 aliphatic rings. The zero-order valence-corrected chi connectivity index (χ0v) is 21.9. The maximum absolute atomic E-state index is 13.4. The van der Waals surface area contributed by atoms with E-state index in [1.54, 1.807) is 18.2 Å². The Hall–Kier alpha value is -2.62. The quantitative estimate of drug-likeness (QED) is 0.431. The third-order valence-corrected chi connectivity index (χ3v) is 8.08. The Labute approximate surface area is 221 Å². The molecular formula is C26H27Cl2N3O4S. The van der Waals surface area contributed by atoms with E-state index in [9.17, 15) is 13.2 Å². The first-order valence-electron chi connectivity index (χ1n) is 11.5. The fraction of sp³-hybridized carbons (Fsp3) is 0.269. The number of carbonyl (C=O) groups excluding carboxylic acids is 1. The molecule has 7 nitrogen and oxygen atoms in total. The molecule has 1 aliphatic heterocycles. The minimum atomic E-state index is -4.04. The Morgan fingerprint density at radius 2 is 1.58 bits per heavy atom. The number of hydrogen-bond donors (Lipinski definition) is 1. The summed E-state index contributed by atoms with van der Waals surface area (Å²) in [5.74, 6) is -0.440. The second-order valence-corrected chi connectivity index (χ2v) is 11.2. The summed E-state index contributed by atoms with van der Waals surface area (Å²) < 4.78 is 33.3. The van der Waals surface area contributed by atoms with Crippen LogP contribution in [0.2, 0.25) is 10.0 Å². The van der Waals surface area contributed by atoms with E-state index in [-0.39, 0.29) is 11.4 Å². The Morgan fingerprint density at radius 3 is 2.25 bits per heavy atom. The highest BCUT2D eigenvalue weighted by Crippen LogP contribution is 2.26. The second kappa shape index (κ2) is 12.1. The average molecular weight is 548 g/mol. The van der Waals surface area contributed by atoms with E-state index in [0.717, 1.165) is 42.7 Å². The van der Waals surface area contributed by atoms with Crippen LogP contribution in [0.3, 0.4) is 0 Å². The van der Waals surface area contributed by atoms with Crippen molar-refractivity contribution >= 4 is 44.8 Å². The monoisotopic (exact) mass is 547 g/mol. The first-order valence-corrected chi connectivity index (χ1v) is 13.7. The van der Waals surface area contributed by atoms with Crippen LogP contribution >= 0.6 is 23.2 Å². The first-order chi connectivity index (χ1) is 17.3. The minimum absolute atomic E-state index is 0.0236. The molecule has 1 heterocycles. The molecule has 0 atom stereocenters. The lowest BCUT2D eigenvalue weighted by Gasteiger charge is -2.26. The summed E-state index contributed by atoms with van der Waals surface area (Å²) in [5.41, 5.74) is 2.40. The van der Waals surface area contributed by atoms with E-state index in [1.807, 2.05) is 24.3 Å². The molecule has 1 N–H and O–H groups in total. The molecule has 0 aromatic heterocycles. The van der Waals surface area contributed by atoms with Crippen molar-refractivity contribution in [3.8, 4) is 0 Å². The van der Waals surface area contributed by atoms with Crippen molar-refractivity contribution in [1.29, 1.82) is 0 Å². The topological polar surface area (TPSA) is 79.0 Å². The van der Waals surface area contributed by atoms with Gasteiger partial charge in [0, 0.05) is 36.2 Å². The van der Waals surface area contributed by atoms with E-state index >= 15 is 0 Å². The van der Waals surface area contributed by atoms with Gasteiger partial charge in [-0.05, 0) is 53.6 Å². The van der Waals surface area contributed by atoms with Crippen LogP contribution in [0, 0.1) is 0 Å². The van der Waals surface area contributed by atoms with Crippen LogP contribution in [0.1, 0.15) is 11.1 Å². The molecule has 0 bridgehead atoms. The van der Waals surface area contributed by atoms with Crippen LogP contribution in [-0.4, -0.2) is 52.1 Å². The number of benzene rings is 3. The number of morpholine rings is 1. The Kier molecular flexibility index (Phi) is 8.87. The molecule has 0 aliphatic carbocycles. The molecule has 0 spiro atoms. The van der Waals surface area contributed by atoms with Crippen molar-refractivity contribution in [3.05, 3.63) is 94.0 Å². The highest BCUT2D eigenvalue weighted by Gasteiger charge is 2.27. The number of anilines is 1. The summed E-state index contributed by atoms with van der Waals surface area (Å²) in [6.45, 7) is 4.07. The third-order valence-electron chi connectivity index (χ3n) is 5.81. The van der Waals surface area contributed by atoms with Crippen LogP contribution < -0.4 is 9.62 Å². The predicted molar refractivity (Wildman–Crippen MR) is 142 cm³/mol. The van der Waals surface area contributed by atoms with Gasteiger partial charge in [-0.2, -0.15) is 0 Å². The number of hydrogen-bond acceptors (Lipinski definition) is 5. The van der Waals surface area contributed by atoms with Crippen LogP contribution in [0.25, 0.3) is 0 Å². The number of carbonyl (C=O) groups is 1. The summed E-state index contributed by atoms with van der Waals surface area (Å²) in [7, 11) is -4.04. The van der Waals surface area contributed by atoms with E-state index in [1.165, 1.54) is 35.9 Å². The first kappa shape index (κ1) is 26.4. The second-order valence-electron chi connectivity index (χ2n) is 8.43. The molecule has 0 radical (unpaired) electrons. The standard InChI is InChI=1S/C26H27Cl2N3O4S/c27-22-8-10-25(11-9-22)36(33,34)31(24-3-1-2-23(28)16-24)19-26(32)29-17-20-4-6-21(7-5-20)18-30-12-14-35-15-13-30/h1-11,16H,12-15,17-19H2,(H,29,32). The average Bonchev–Trinajstić information content (AvgIpc) is 2.87. The molecule has 3 aromatic carbocycles. The fourth-order valence-corrected chi connectivity index (χ4v) is 5.57. The summed E-state index contributed by atoms with van der Waals surface area (Å²) in [4.78, 5) is 15.2. The highest BCUT2D eigenvalue weighted by molar-refractivity contribution is 7.92. The van der Waals surface area contributed by atoms with Gasteiger partial charge in [0.1, 0.15) is 6.54 Å². The van der Waals surface area contributed by atoms with Crippen LogP contribution in [0.4, 0.5) is 5.69 Å². The molecule has 10 heteroatoms. The molecule has 4 rings (SSSR count). The third kappa shape index (κ3) is 6.99. The van der Waals surface area contributed by atoms with Gasteiger partial charge >= 0.3 is 0 Å². The highest BCUT2D eigenvalue weighted by atomic mass is 35.5. The number of nitrogens with zero attached hydrogens (tertiary/aromatic N) is 2. The van der Waals surface area contributed by atoms with Crippen molar-refractivity contribution in [2.45, 2.75) is 18.0 Å². The molecular weight excluding hydrogens is 521 g/mol. The number of sulfonamides is 1. The van der Waals surface area contributed by atoms with Crippen LogP contribution in [-0.2, 0) is 32.6 Å². The van der Waals surface area contributed by atoms with Crippen molar-refractivity contribution in [2.24, 2.45) is 0 Å². The molecule has 36 heavy (non-hydrogen) atoms. The lowest BCUT2D eigenvalue weighted by atomic mass is 10.1. The summed E-state index contributed by atoms with van der Waals surface area (Å²) in [6.07, 6.45) is 0. The van der Waals surface area contributed by atoms with Gasteiger partial charge in [-0.25, -0.2) is 8.42 Å². The summed E-state index contributed by atoms with van der Waals surface area (Å²) in [5, 5.41) is 3.60. The zero-order chi connectivity index (χ0) is 25.5. The molecule has 0 unspecified atom stereocenters. The van der Waals surface area contributed by atoms with Crippen LogP contribution in [0.5, 0.6) is 0 Å². The van der Waals surface area contributed by atoms with Gasteiger partial charge in [-0.1, -0.05) is 53.5 Å².